The average molecular weight is 465 g/mol. The first-order valence-corrected chi connectivity index (χ1v) is 14.2. The van der Waals surface area contributed by atoms with Crippen LogP contribution < -0.4 is 10.4 Å². The summed E-state index contributed by atoms with van der Waals surface area (Å²) in [4.78, 5) is 0. The van der Waals surface area contributed by atoms with Crippen LogP contribution in [0.2, 0.25) is 0 Å². The predicted molar refractivity (Wildman–Crippen MR) is 144 cm³/mol. The van der Waals surface area contributed by atoms with E-state index < -0.39 is 9.04 Å². The monoisotopic (exact) mass is 464 g/mol. The van der Waals surface area contributed by atoms with E-state index in [1.54, 1.807) is 0 Å². The van der Waals surface area contributed by atoms with Crippen LogP contribution in [-0.2, 0) is 4.43 Å². The van der Waals surface area contributed by atoms with Crippen LogP contribution in [0.25, 0.3) is 0 Å². The van der Waals surface area contributed by atoms with Gasteiger partial charge in [0.15, 0.2) is 0 Å². The maximum atomic E-state index is 9.33. The molecule has 1 saturated carbocycles. The van der Waals surface area contributed by atoms with Gasteiger partial charge in [0, 0.05) is 0 Å². The van der Waals surface area contributed by atoms with E-state index in [-0.39, 0.29) is 29.0 Å². The van der Waals surface area contributed by atoms with Crippen molar-refractivity contribution in [1.29, 1.82) is 0 Å². The zero-order chi connectivity index (χ0) is 24.3. The summed E-state index contributed by atoms with van der Waals surface area (Å²) in [6.45, 7) is 16.8. The molecule has 0 aliphatic heterocycles. The Morgan fingerprint density at radius 3 is 1.97 bits per heavy atom. The Hall–Kier alpha value is -1.68. The molecule has 1 N–H and O–H groups in total. The zero-order valence-electron chi connectivity index (χ0n) is 21.7. The zero-order valence-corrected chi connectivity index (χ0v) is 22.9. The van der Waals surface area contributed by atoms with Gasteiger partial charge in [-0.05, 0) is 51.3 Å². The van der Waals surface area contributed by atoms with E-state index in [2.05, 4.69) is 115 Å². The summed E-state index contributed by atoms with van der Waals surface area (Å²) in [5.41, 5.74) is 0.301. The lowest BCUT2D eigenvalue weighted by Crippen LogP contribution is -2.54. The molecule has 2 nitrogen and oxygen atoms in total. The molecule has 2 aromatic carbocycles. The Balaban J connectivity index is 1.99. The van der Waals surface area contributed by atoms with E-state index in [0.717, 1.165) is 0 Å². The van der Waals surface area contributed by atoms with Crippen LogP contribution in [0.5, 0.6) is 0 Å². The van der Waals surface area contributed by atoms with Gasteiger partial charge < -0.3 is 9.53 Å². The van der Waals surface area contributed by atoms with Gasteiger partial charge in [-0.15, -0.1) is 0 Å². The molecule has 0 spiro atoms. The minimum atomic E-state index is -1.86. The van der Waals surface area contributed by atoms with E-state index in [1.807, 2.05) is 6.08 Å². The standard InChI is InChI=1S/C30H44O2Si/c1-23(15-14-22-31)30(7)21-20-26(29(30,5)6)27(28(2,3)4)32-33(24-16-10-8-11-17-24)25-18-12-9-13-19-25/h8-19,23,26-27,31,33H,20-22H2,1-7H3/t23-,26-,27?,30+/m0/s1. The van der Waals surface area contributed by atoms with E-state index in [0.29, 0.717) is 11.8 Å². The first kappa shape index (κ1) is 25.9. The van der Waals surface area contributed by atoms with Crippen molar-refractivity contribution in [2.75, 3.05) is 6.61 Å². The van der Waals surface area contributed by atoms with E-state index >= 15 is 0 Å². The maximum absolute atomic E-state index is 9.33. The van der Waals surface area contributed by atoms with Gasteiger partial charge in [0.05, 0.1) is 12.7 Å². The summed E-state index contributed by atoms with van der Waals surface area (Å²) in [7, 11) is -1.86. The van der Waals surface area contributed by atoms with Crippen molar-refractivity contribution in [3.8, 4) is 0 Å². The Labute approximate surface area is 203 Å². The SMILES string of the molecule is C[C@@H](C=CCO)[C@@]1(C)CC[C@@H](C(O[SiH](c2ccccc2)c2ccccc2)C(C)(C)C)C1(C)C. The Bertz CT molecular complexity index is 860. The highest BCUT2D eigenvalue weighted by atomic mass is 28.3. The van der Waals surface area contributed by atoms with Crippen molar-refractivity contribution >= 4 is 19.4 Å². The summed E-state index contributed by atoms with van der Waals surface area (Å²) in [5, 5.41) is 12.0. The minimum absolute atomic E-state index is 0.0339. The predicted octanol–water partition coefficient (Wildman–Crippen LogP) is 5.58. The van der Waals surface area contributed by atoms with Crippen LogP contribution in [0.15, 0.2) is 72.8 Å². The molecule has 0 bridgehead atoms. The van der Waals surface area contributed by atoms with Crippen LogP contribution in [0, 0.1) is 28.1 Å². The van der Waals surface area contributed by atoms with Crippen molar-refractivity contribution < 1.29 is 9.53 Å². The molecule has 3 rings (SSSR count). The fraction of sp³-hybridized carbons (Fsp3) is 0.533. The van der Waals surface area contributed by atoms with Crippen molar-refractivity contribution in [1.82, 2.24) is 0 Å². The molecule has 180 valence electrons. The van der Waals surface area contributed by atoms with Crippen LogP contribution in [0.3, 0.4) is 0 Å². The summed E-state index contributed by atoms with van der Waals surface area (Å²) in [5.74, 6) is 0.872. The van der Waals surface area contributed by atoms with Gasteiger partial charge in [-0.25, -0.2) is 0 Å². The topological polar surface area (TPSA) is 29.5 Å². The third kappa shape index (κ3) is 5.36. The van der Waals surface area contributed by atoms with Crippen LogP contribution in [0.4, 0.5) is 0 Å². The Kier molecular flexibility index (Phi) is 8.09. The number of allylic oxidation sites excluding steroid dienone is 1. The second kappa shape index (κ2) is 10.3. The van der Waals surface area contributed by atoms with Gasteiger partial charge in [0.2, 0.25) is 9.04 Å². The smallest absolute Gasteiger partial charge is 0.240 e. The molecule has 0 aromatic heterocycles. The number of aliphatic hydroxyl groups excluding tert-OH is 1. The molecule has 0 heterocycles. The molecule has 3 heteroatoms. The van der Waals surface area contributed by atoms with Crippen LogP contribution in [-0.4, -0.2) is 26.9 Å². The van der Waals surface area contributed by atoms with Gasteiger partial charge in [-0.1, -0.05) is 121 Å². The summed E-state index contributed by atoms with van der Waals surface area (Å²) in [6, 6.07) is 21.7. The molecular weight excluding hydrogens is 420 g/mol. The normalized spacial score (nSPS) is 24.9. The lowest BCUT2D eigenvalue weighted by molar-refractivity contribution is -0.0424. The second-order valence-electron chi connectivity index (χ2n) is 11.8. The van der Waals surface area contributed by atoms with E-state index in [9.17, 15) is 5.11 Å². The summed E-state index contributed by atoms with van der Waals surface area (Å²) in [6.07, 6.45) is 6.64. The molecule has 4 atom stereocenters. The lowest BCUT2D eigenvalue weighted by atomic mass is 9.58. The second-order valence-corrected chi connectivity index (χ2v) is 14.2. The van der Waals surface area contributed by atoms with Gasteiger partial charge in [0.1, 0.15) is 0 Å². The van der Waals surface area contributed by atoms with Crippen LogP contribution >= 0.6 is 0 Å². The van der Waals surface area contributed by atoms with Crippen molar-refractivity contribution in [2.24, 2.45) is 28.1 Å². The molecule has 0 radical (unpaired) electrons. The van der Waals surface area contributed by atoms with Crippen molar-refractivity contribution in [3.63, 3.8) is 0 Å². The quantitative estimate of drug-likeness (QED) is 0.408. The van der Waals surface area contributed by atoms with E-state index in [4.69, 9.17) is 4.43 Å². The maximum Gasteiger partial charge on any atom is 0.240 e. The molecule has 1 aliphatic carbocycles. The molecule has 33 heavy (non-hydrogen) atoms. The summed E-state index contributed by atoms with van der Waals surface area (Å²) >= 11 is 0. The minimum Gasteiger partial charge on any atom is -0.407 e. The molecule has 2 aromatic rings. The number of aliphatic hydroxyl groups is 1. The Morgan fingerprint density at radius 1 is 1.00 bits per heavy atom. The van der Waals surface area contributed by atoms with Crippen LogP contribution in [0.1, 0.15) is 61.3 Å². The largest absolute Gasteiger partial charge is 0.407 e. The lowest BCUT2D eigenvalue weighted by Gasteiger charge is -2.50. The third-order valence-electron chi connectivity index (χ3n) is 8.62. The molecule has 0 amide bonds. The fourth-order valence-corrected chi connectivity index (χ4v) is 8.77. The number of hydrogen-bond acceptors (Lipinski definition) is 2. The average Bonchev–Trinajstić information content (AvgIpc) is 3.03. The fourth-order valence-electron chi connectivity index (χ4n) is 6.04. The number of benzene rings is 2. The van der Waals surface area contributed by atoms with Crippen molar-refractivity contribution in [3.05, 3.63) is 72.8 Å². The third-order valence-corrected chi connectivity index (χ3v) is 11.2. The van der Waals surface area contributed by atoms with Crippen molar-refractivity contribution in [2.45, 2.75) is 67.4 Å². The first-order chi connectivity index (χ1) is 15.5. The number of hydrogen-bond donors (Lipinski definition) is 1. The molecule has 1 unspecified atom stereocenters. The summed E-state index contributed by atoms with van der Waals surface area (Å²) < 4.78 is 7.34. The van der Waals surface area contributed by atoms with Gasteiger partial charge in [-0.2, -0.15) is 0 Å². The number of rotatable bonds is 8. The molecular formula is C30H44O2Si. The molecule has 1 fully saturated rings. The highest BCUT2D eigenvalue weighted by molar-refractivity contribution is 6.80. The Morgan fingerprint density at radius 2 is 1.52 bits per heavy atom. The van der Waals surface area contributed by atoms with E-state index in [1.165, 1.54) is 23.2 Å². The highest BCUT2D eigenvalue weighted by Gasteiger charge is 2.57. The first-order valence-electron chi connectivity index (χ1n) is 12.5. The molecule has 0 saturated heterocycles. The van der Waals surface area contributed by atoms with Gasteiger partial charge in [-0.3, -0.25) is 0 Å². The van der Waals surface area contributed by atoms with Gasteiger partial charge >= 0.3 is 0 Å². The van der Waals surface area contributed by atoms with Gasteiger partial charge in [0.25, 0.3) is 0 Å². The highest BCUT2D eigenvalue weighted by Crippen LogP contribution is 2.62. The molecule has 1 aliphatic rings.